The fourth-order valence-electron chi connectivity index (χ4n) is 2.07. The molecular formula is C15H24N2O3. The van der Waals surface area contributed by atoms with E-state index < -0.39 is 0 Å². The molecule has 20 heavy (non-hydrogen) atoms. The zero-order valence-corrected chi connectivity index (χ0v) is 12.9. The second kappa shape index (κ2) is 7.03. The van der Waals surface area contributed by atoms with E-state index in [1.807, 2.05) is 6.92 Å². The zero-order valence-electron chi connectivity index (χ0n) is 12.9. The highest BCUT2D eigenvalue weighted by atomic mass is 16.5. The number of amides is 1. The Hall–Kier alpha value is -1.91. The molecule has 5 heteroatoms. The van der Waals surface area contributed by atoms with E-state index in [0.29, 0.717) is 22.7 Å². The molecule has 0 spiro atoms. The normalized spacial score (nSPS) is 11.8. The molecule has 1 aromatic carbocycles. The van der Waals surface area contributed by atoms with E-state index in [1.165, 1.54) is 7.11 Å². The van der Waals surface area contributed by atoms with Crippen molar-refractivity contribution in [3.8, 4) is 11.5 Å². The number of hydrogen-bond donors (Lipinski definition) is 1. The molecule has 1 atom stereocenters. The maximum Gasteiger partial charge on any atom is 0.256 e. The van der Waals surface area contributed by atoms with E-state index in [1.54, 1.807) is 31.2 Å². The van der Waals surface area contributed by atoms with Crippen LogP contribution in [0.3, 0.4) is 0 Å². The van der Waals surface area contributed by atoms with Crippen LogP contribution in [0, 0.1) is 0 Å². The lowest BCUT2D eigenvalue weighted by Gasteiger charge is -2.25. The molecule has 2 N–H and O–H groups in total. The number of anilines is 1. The second-order valence-electron chi connectivity index (χ2n) is 4.84. The first-order chi connectivity index (χ1) is 9.46. The minimum atomic E-state index is -0.124. The van der Waals surface area contributed by atoms with Crippen LogP contribution in [-0.2, 0) is 0 Å². The van der Waals surface area contributed by atoms with E-state index in [-0.39, 0.29) is 11.9 Å². The fraction of sp³-hybridized carbons (Fsp3) is 0.533. The van der Waals surface area contributed by atoms with Crippen molar-refractivity contribution >= 4 is 11.6 Å². The van der Waals surface area contributed by atoms with Crippen molar-refractivity contribution in [1.82, 2.24) is 4.90 Å². The molecule has 0 bridgehead atoms. The predicted molar refractivity (Wildman–Crippen MR) is 80.4 cm³/mol. The van der Waals surface area contributed by atoms with Crippen LogP contribution in [0.1, 0.15) is 37.0 Å². The highest BCUT2D eigenvalue weighted by molar-refractivity contribution is 6.01. The first-order valence-corrected chi connectivity index (χ1v) is 6.74. The van der Waals surface area contributed by atoms with Crippen LogP contribution in [0.4, 0.5) is 5.69 Å². The lowest BCUT2D eigenvalue weighted by atomic mass is 10.1. The highest BCUT2D eigenvalue weighted by Crippen LogP contribution is 2.32. The Morgan fingerprint density at radius 3 is 2.50 bits per heavy atom. The van der Waals surface area contributed by atoms with Crippen LogP contribution in [0.2, 0.25) is 0 Å². The summed E-state index contributed by atoms with van der Waals surface area (Å²) in [6.07, 6.45) is 1.97. The van der Waals surface area contributed by atoms with Crippen molar-refractivity contribution < 1.29 is 14.3 Å². The van der Waals surface area contributed by atoms with E-state index >= 15 is 0 Å². The first kappa shape index (κ1) is 16.1. The third-order valence-corrected chi connectivity index (χ3v) is 3.49. The summed E-state index contributed by atoms with van der Waals surface area (Å²) in [5.74, 6) is 0.876. The van der Waals surface area contributed by atoms with Crippen molar-refractivity contribution in [2.75, 3.05) is 27.0 Å². The minimum Gasteiger partial charge on any atom is -0.497 e. The minimum absolute atomic E-state index is 0.124. The number of carbonyl (C=O) groups excluding carboxylic acids is 1. The summed E-state index contributed by atoms with van der Waals surface area (Å²) in [6, 6.07) is 3.47. The number of nitrogens with two attached hydrogens (primary N) is 1. The molecule has 1 rings (SSSR count). The lowest BCUT2D eigenvalue weighted by Crippen LogP contribution is -2.35. The SMILES string of the molecule is CCCC(C)N(C)C(=O)c1cc(OC)cc(OC)c1N. The Bertz CT molecular complexity index is 474. The number of ether oxygens (including phenoxy) is 2. The number of methoxy groups -OCH3 is 2. The van der Waals surface area contributed by atoms with Crippen molar-refractivity contribution in [2.45, 2.75) is 32.7 Å². The molecule has 0 fully saturated rings. The van der Waals surface area contributed by atoms with Gasteiger partial charge in [-0.15, -0.1) is 0 Å². The molecule has 112 valence electrons. The number of benzene rings is 1. The maximum atomic E-state index is 12.6. The molecule has 1 aromatic rings. The Balaban J connectivity index is 3.14. The Labute approximate surface area is 120 Å². The predicted octanol–water partition coefficient (Wildman–Crippen LogP) is 2.55. The molecule has 0 radical (unpaired) electrons. The average molecular weight is 280 g/mol. The van der Waals surface area contributed by atoms with Crippen LogP contribution >= 0.6 is 0 Å². The van der Waals surface area contributed by atoms with Gasteiger partial charge in [0.1, 0.15) is 11.5 Å². The van der Waals surface area contributed by atoms with Crippen LogP contribution in [0.15, 0.2) is 12.1 Å². The van der Waals surface area contributed by atoms with Gasteiger partial charge in [0.15, 0.2) is 0 Å². The smallest absolute Gasteiger partial charge is 0.256 e. The Morgan fingerprint density at radius 1 is 1.35 bits per heavy atom. The first-order valence-electron chi connectivity index (χ1n) is 6.74. The van der Waals surface area contributed by atoms with Crippen LogP contribution in [-0.4, -0.2) is 38.1 Å². The Morgan fingerprint density at radius 2 is 2.00 bits per heavy atom. The van der Waals surface area contributed by atoms with Crippen LogP contribution in [0.25, 0.3) is 0 Å². The third kappa shape index (κ3) is 3.35. The summed E-state index contributed by atoms with van der Waals surface area (Å²) >= 11 is 0. The lowest BCUT2D eigenvalue weighted by molar-refractivity contribution is 0.0737. The van der Waals surface area contributed by atoms with Crippen molar-refractivity contribution in [1.29, 1.82) is 0 Å². The van der Waals surface area contributed by atoms with Crippen LogP contribution < -0.4 is 15.2 Å². The number of nitrogen functional groups attached to an aromatic ring is 1. The monoisotopic (exact) mass is 280 g/mol. The topological polar surface area (TPSA) is 64.8 Å². The highest BCUT2D eigenvalue weighted by Gasteiger charge is 2.22. The van der Waals surface area contributed by atoms with Crippen LogP contribution in [0.5, 0.6) is 11.5 Å². The summed E-state index contributed by atoms with van der Waals surface area (Å²) in [7, 11) is 4.85. The van der Waals surface area contributed by atoms with Crippen molar-refractivity contribution in [3.63, 3.8) is 0 Å². The van der Waals surface area contributed by atoms with Gasteiger partial charge in [0.2, 0.25) is 0 Å². The van der Waals surface area contributed by atoms with Gasteiger partial charge in [-0.25, -0.2) is 0 Å². The number of rotatable bonds is 6. The molecule has 0 heterocycles. The van der Waals surface area contributed by atoms with E-state index in [2.05, 4.69) is 6.92 Å². The summed E-state index contributed by atoms with van der Waals surface area (Å²) in [5.41, 5.74) is 6.75. The van der Waals surface area contributed by atoms with Crippen molar-refractivity contribution in [2.24, 2.45) is 0 Å². The van der Waals surface area contributed by atoms with Gasteiger partial charge >= 0.3 is 0 Å². The van der Waals surface area contributed by atoms with Gasteiger partial charge in [0, 0.05) is 19.2 Å². The molecule has 1 amide bonds. The molecule has 0 saturated carbocycles. The van der Waals surface area contributed by atoms with Crippen molar-refractivity contribution in [3.05, 3.63) is 17.7 Å². The number of carbonyl (C=O) groups is 1. The number of nitrogens with zero attached hydrogens (tertiary/aromatic N) is 1. The van der Waals surface area contributed by atoms with Gasteiger partial charge in [0.25, 0.3) is 5.91 Å². The summed E-state index contributed by atoms with van der Waals surface area (Å²) < 4.78 is 10.4. The van der Waals surface area contributed by atoms with Gasteiger partial charge in [-0.1, -0.05) is 13.3 Å². The van der Waals surface area contributed by atoms with E-state index in [4.69, 9.17) is 15.2 Å². The number of hydrogen-bond acceptors (Lipinski definition) is 4. The molecule has 0 aliphatic carbocycles. The summed E-state index contributed by atoms with van der Waals surface area (Å²) in [4.78, 5) is 14.3. The second-order valence-corrected chi connectivity index (χ2v) is 4.84. The van der Waals surface area contributed by atoms with E-state index in [0.717, 1.165) is 12.8 Å². The third-order valence-electron chi connectivity index (χ3n) is 3.49. The average Bonchev–Trinajstić information content (AvgIpc) is 2.46. The fourth-order valence-corrected chi connectivity index (χ4v) is 2.07. The summed E-state index contributed by atoms with van der Waals surface area (Å²) in [6.45, 7) is 4.12. The Kier molecular flexibility index (Phi) is 5.67. The quantitative estimate of drug-likeness (QED) is 0.813. The van der Waals surface area contributed by atoms with Gasteiger partial charge in [-0.2, -0.15) is 0 Å². The largest absolute Gasteiger partial charge is 0.497 e. The molecule has 0 saturated heterocycles. The molecular weight excluding hydrogens is 256 g/mol. The maximum absolute atomic E-state index is 12.6. The van der Waals surface area contributed by atoms with E-state index in [9.17, 15) is 4.79 Å². The summed E-state index contributed by atoms with van der Waals surface area (Å²) in [5, 5.41) is 0. The molecule has 0 aromatic heterocycles. The molecule has 0 aliphatic rings. The van der Waals surface area contributed by atoms with Gasteiger partial charge in [-0.05, 0) is 19.4 Å². The zero-order chi connectivity index (χ0) is 15.3. The van der Waals surface area contributed by atoms with Gasteiger partial charge < -0.3 is 20.1 Å². The molecule has 0 aliphatic heterocycles. The molecule has 1 unspecified atom stereocenters. The van der Waals surface area contributed by atoms with Gasteiger partial charge in [0.05, 0.1) is 25.5 Å². The van der Waals surface area contributed by atoms with Gasteiger partial charge in [-0.3, -0.25) is 4.79 Å². The standard InChI is InChI=1S/C15H24N2O3/c1-6-7-10(2)17(3)15(18)12-8-11(19-4)9-13(20-5)14(12)16/h8-10H,6-7,16H2,1-5H3. The molecule has 5 nitrogen and oxygen atoms in total.